The van der Waals surface area contributed by atoms with Crippen LogP contribution in [-0.2, 0) is 30.6 Å². The number of benzene rings is 1. The molecule has 0 fully saturated rings. The van der Waals surface area contributed by atoms with Crippen LogP contribution in [0.15, 0.2) is 71.0 Å². The van der Waals surface area contributed by atoms with Crippen molar-refractivity contribution in [3.05, 3.63) is 94.8 Å². The Morgan fingerprint density at radius 1 is 0.923 bits per heavy atom. The van der Waals surface area contributed by atoms with Gasteiger partial charge in [-0.15, -0.1) is 0 Å². The highest BCUT2D eigenvalue weighted by atomic mass is 16.2. The van der Waals surface area contributed by atoms with E-state index in [9.17, 15) is 4.79 Å². The van der Waals surface area contributed by atoms with Crippen molar-refractivity contribution in [1.29, 1.82) is 0 Å². The summed E-state index contributed by atoms with van der Waals surface area (Å²) in [7, 11) is 0. The molecule has 1 aliphatic carbocycles. The summed E-state index contributed by atoms with van der Waals surface area (Å²) in [4.78, 5) is 38.2. The van der Waals surface area contributed by atoms with Crippen LogP contribution in [0.2, 0.25) is 0 Å². The predicted molar refractivity (Wildman–Crippen MR) is 145 cm³/mol. The topological polar surface area (TPSA) is 137 Å². The van der Waals surface area contributed by atoms with Crippen molar-refractivity contribution in [1.82, 2.24) is 35.3 Å². The summed E-state index contributed by atoms with van der Waals surface area (Å²) in [5.74, 6) is 0.562. The van der Waals surface area contributed by atoms with Gasteiger partial charge < -0.3 is 10.2 Å². The number of amides is 1. The molecule has 2 aliphatic heterocycles. The molecule has 3 aromatic heterocycles. The summed E-state index contributed by atoms with van der Waals surface area (Å²) in [6.45, 7) is 1.05. The van der Waals surface area contributed by atoms with Crippen LogP contribution in [0.4, 0.5) is 5.95 Å². The van der Waals surface area contributed by atoms with E-state index in [0.29, 0.717) is 42.6 Å². The van der Waals surface area contributed by atoms with Gasteiger partial charge in [0.2, 0.25) is 11.9 Å². The van der Waals surface area contributed by atoms with Crippen LogP contribution in [-0.4, -0.2) is 71.3 Å². The number of carbonyl (C=O) groups is 1. The fourth-order valence-corrected chi connectivity index (χ4v) is 5.41. The molecule has 0 saturated carbocycles. The number of nitrogens with zero attached hydrogens (tertiary/aromatic N) is 8. The van der Waals surface area contributed by atoms with E-state index >= 15 is 0 Å². The molecule has 1 aromatic carbocycles. The van der Waals surface area contributed by atoms with E-state index in [2.05, 4.69) is 59.9 Å². The first-order valence-electron chi connectivity index (χ1n) is 13.1. The van der Waals surface area contributed by atoms with Crippen LogP contribution < -0.4 is 5.32 Å². The van der Waals surface area contributed by atoms with E-state index in [-0.39, 0.29) is 18.4 Å². The van der Waals surface area contributed by atoms with E-state index in [1.807, 2.05) is 18.2 Å². The minimum atomic E-state index is -0.544. The van der Waals surface area contributed by atoms with Crippen LogP contribution in [0.1, 0.15) is 40.2 Å². The van der Waals surface area contributed by atoms with Gasteiger partial charge in [-0.1, -0.05) is 30.3 Å². The van der Waals surface area contributed by atoms with Gasteiger partial charge in [-0.05, 0) is 36.1 Å². The number of aromatic amines is 1. The Balaban J connectivity index is 1.08. The molecule has 0 spiro atoms. The van der Waals surface area contributed by atoms with Crippen molar-refractivity contribution >= 4 is 23.3 Å². The van der Waals surface area contributed by atoms with Crippen molar-refractivity contribution < 1.29 is 4.79 Å². The Hall–Kier alpha value is -4.80. The van der Waals surface area contributed by atoms with Crippen molar-refractivity contribution in [2.75, 3.05) is 11.9 Å². The van der Waals surface area contributed by atoms with E-state index in [1.54, 1.807) is 23.5 Å². The van der Waals surface area contributed by atoms with Gasteiger partial charge in [0.25, 0.3) is 0 Å². The third kappa shape index (κ3) is 4.67. The fraction of sp³-hybridized carbons (Fsp3) is 0.286. The van der Waals surface area contributed by atoms with Gasteiger partial charge in [-0.2, -0.15) is 15.4 Å². The normalized spacial score (nSPS) is 18.4. The molecule has 11 nitrogen and oxygen atoms in total. The number of anilines is 1. The first kappa shape index (κ1) is 23.3. The fourth-order valence-electron chi connectivity index (χ4n) is 5.41. The summed E-state index contributed by atoms with van der Waals surface area (Å²) in [6, 6.07) is 14.4. The lowest BCUT2D eigenvalue weighted by Gasteiger charge is -2.25. The van der Waals surface area contributed by atoms with Crippen molar-refractivity contribution in [3.8, 4) is 0 Å². The van der Waals surface area contributed by atoms with Crippen LogP contribution in [0.5, 0.6) is 0 Å². The first-order chi connectivity index (χ1) is 19.2. The highest BCUT2D eigenvalue weighted by Gasteiger charge is 2.30. The molecule has 7 rings (SSSR count). The highest BCUT2D eigenvalue weighted by Crippen LogP contribution is 2.24. The second kappa shape index (κ2) is 9.82. The Labute approximate surface area is 224 Å². The number of nitrogens with one attached hydrogen (secondary N) is 2. The summed E-state index contributed by atoms with van der Waals surface area (Å²) < 4.78 is 0. The van der Waals surface area contributed by atoms with Gasteiger partial charge in [0.05, 0.1) is 30.1 Å². The minimum absolute atomic E-state index is 0.0175. The van der Waals surface area contributed by atoms with Crippen LogP contribution in [0.25, 0.3) is 0 Å². The summed E-state index contributed by atoms with van der Waals surface area (Å²) in [5.41, 5.74) is 7.19. The summed E-state index contributed by atoms with van der Waals surface area (Å²) in [6.07, 6.45) is 7.45. The molecule has 0 bridgehead atoms. The lowest BCUT2D eigenvalue weighted by atomic mass is 10.1. The van der Waals surface area contributed by atoms with E-state index in [1.165, 1.54) is 11.1 Å². The molecule has 1 atom stereocenters. The smallest absolute Gasteiger partial charge is 0.227 e. The lowest BCUT2D eigenvalue weighted by molar-refractivity contribution is -0.132. The largest absolute Gasteiger partial charge is 0.351 e. The van der Waals surface area contributed by atoms with Crippen LogP contribution in [0, 0.1) is 0 Å². The number of H-pyrrole nitrogens is 1. The molecule has 39 heavy (non-hydrogen) atoms. The maximum atomic E-state index is 13.1. The molecule has 3 aliphatic rings. The minimum Gasteiger partial charge on any atom is -0.351 e. The standard InChI is InChI=1S/C28H26N10O/c39-25(38-10-8-21-23(16-38)36-37-35-21)13-24-33-26(27(34-24)22-7-3-4-9-29-22)19-14-30-28(31-15-19)32-20-11-17-5-1-2-6-18(17)12-20/h1-7,9,14-15,20,24H,8,10-13,16H2,(H,30,31,32)(H,35,36,37). The molecule has 2 N–H and O–H groups in total. The van der Waals surface area contributed by atoms with Crippen molar-refractivity contribution in [2.45, 2.75) is 44.4 Å². The second-order valence-corrected chi connectivity index (χ2v) is 9.95. The zero-order chi connectivity index (χ0) is 26.2. The third-order valence-corrected chi connectivity index (χ3v) is 7.37. The Morgan fingerprint density at radius 3 is 2.44 bits per heavy atom. The van der Waals surface area contributed by atoms with Crippen LogP contribution in [0.3, 0.4) is 0 Å². The molecule has 0 radical (unpaired) electrons. The second-order valence-electron chi connectivity index (χ2n) is 9.95. The number of fused-ring (bicyclic) bond motifs is 2. The molecule has 11 heteroatoms. The molecule has 5 heterocycles. The number of hydrogen-bond donors (Lipinski definition) is 2. The number of carbonyl (C=O) groups excluding carboxylic acids is 1. The predicted octanol–water partition coefficient (Wildman–Crippen LogP) is 2.16. The lowest BCUT2D eigenvalue weighted by Crippen LogP contribution is -2.37. The molecule has 1 amide bonds. The van der Waals surface area contributed by atoms with Gasteiger partial charge in [0, 0.05) is 43.2 Å². The van der Waals surface area contributed by atoms with Gasteiger partial charge in [-0.3, -0.25) is 19.8 Å². The highest BCUT2D eigenvalue weighted by molar-refractivity contribution is 6.54. The van der Waals surface area contributed by atoms with E-state index in [4.69, 9.17) is 9.98 Å². The number of rotatable bonds is 6. The maximum absolute atomic E-state index is 13.1. The van der Waals surface area contributed by atoms with E-state index < -0.39 is 6.17 Å². The average molecular weight is 519 g/mol. The van der Waals surface area contributed by atoms with Gasteiger partial charge in [0.15, 0.2) is 0 Å². The van der Waals surface area contributed by atoms with Gasteiger partial charge in [-0.25, -0.2) is 9.97 Å². The monoisotopic (exact) mass is 518 g/mol. The zero-order valence-corrected chi connectivity index (χ0v) is 21.2. The van der Waals surface area contributed by atoms with Gasteiger partial charge >= 0.3 is 0 Å². The number of aromatic nitrogens is 6. The molecular weight excluding hydrogens is 492 g/mol. The molecule has 194 valence electrons. The zero-order valence-electron chi connectivity index (χ0n) is 21.2. The molecule has 0 saturated heterocycles. The maximum Gasteiger partial charge on any atom is 0.227 e. The number of aliphatic imine (C=N–C) groups is 2. The van der Waals surface area contributed by atoms with E-state index in [0.717, 1.165) is 29.8 Å². The summed E-state index contributed by atoms with van der Waals surface area (Å²) in [5, 5.41) is 14.4. The molecule has 1 unspecified atom stereocenters. The van der Waals surface area contributed by atoms with Crippen molar-refractivity contribution in [3.63, 3.8) is 0 Å². The summed E-state index contributed by atoms with van der Waals surface area (Å²) >= 11 is 0. The van der Waals surface area contributed by atoms with Crippen LogP contribution >= 0.6 is 0 Å². The Bertz CT molecular complexity index is 1550. The van der Waals surface area contributed by atoms with Crippen molar-refractivity contribution in [2.24, 2.45) is 9.98 Å². The Morgan fingerprint density at radius 2 is 1.67 bits per heavy atom. The third-order valence-electron chi connectivity index (χ3n) is 7.37. The Kier molecular flexibility index (Phi) is 5.87. The quantitative estimate of drug-likeness (QED) is 0.399. The van der Waals surface area contributed by atoms with Gasteiger partial charge in [0.1, 0.15) is 17.6 Å². The first-order valence-corrected chi connectivity index (χ1v) is 13.1. The average Bonchev–Trinajstić information content (AvgIpc) is 3.71. The SMILES string of the molecule is O=C(CC1N=C(c2cnc(NC3Cc4ccccc4C3)nc2)C(c2ccccn2)=N1)N1CCc2n[nH]nc2C1. The number of pyridine rings is 1. The number of hydrogen-bond acceptors (Lipinski definition) is 9. The molecular formula is C28H26N10O. The molecule has 4 aromatic rings.